The van der Waals surface area contributed by atoms with E-state index in [4.69, 9.17) is 0 Å². The Balaban J connectivity index is 1.30. The van der Waals surface area contributed by atoms with Crippen molar-refractivity contribution < 1.29 is 0 Å². The van der Waals surface area contributed by atoms with Gasteiger partial charge in [-0.3, -0.25) is 9.80 Å². The minimum atomic E-state index is -0.271. The molecule has 27 heavy (non-hydrogen) atoms. The highest BCUT2D eigenvalue weighted by Crippen LogP contribution is 2.40. The van der Waals surface area contributed by atoms with Crippen molar-refractivity contribution in [2.75, 3.05) is 26.2 Å². The Kier molecular flexibility index (Phi) is 5.57. The largest absolute Gasteiger partial charge is 0.298 e. The Labute approximate surface area is 163 Å². The van der Waals surface area contributed by atoms with Crippen LogP contribution in [0.1, 0.15) is 36.8 Å². The maximum atomic E-state index is 9.90. The number of hydrogen-bond acceptors (Lipinski definition) is 3. The lowest BCUT2D eigenvalue weighted by atomic mass is 9.69. The number of nitrogens with zero attached hydrogens (tertiary/aromatic N) is 3. The number of rotatable bonds is 4. The quantitative estimate of drug-likeness (QED) is 0.819. The van der Waals surface area contributed by atoms with E-state index in [9.17, 15) is 5.26 Å². The Bertz CT molecular complexity index is 749. The predicted octanol–water partition coefficient (Wildman–Crippen LogP) is 4.21. The zero-order chi connectivity index (χ0) is 18.5. The summed E-state index contributed by atoms with van der Waals surface area (Å²) in [6, 6.07) is 24.5. The normalized spacial score (nSPS) is 27.1. The fourth-order valence-corrected chi connectivity index (χ4v) is 4.81. The minimum Gasteiger partial charge on any atom is -0.298 e. The summed E-state index contributed by atoms with van der Waals surface area (Å²) < 4.78 is 0. The van der Waals surface area contributed by atoms with Gasteiger partial charge >= 0.3 is 0 Å². The fourth-order valence-electron chi connectivity index (χ4n) is 4.81. The van der Waals surface area contributed by atoms with E-state index in [2.05, 4.69) is 70.5 Å². The third kappa shape index (κ3) is 4.08. The summed E-state index contributed by atoms with van der Waals surface area (Å²) in [5.74, 6) is 0. The molecule has 1 aliphatic carbocycles. The number of benzene rings is 2. The van der Waals surface area contributed by atoms with Gasteiger partial charge in [-0.1, -0.05) is 60.7 Å². The van der Waals surface area contributed by atoms with Crippen LogP contribution in [-0.2, 0) is 12.0 Å². The minimum absolute atomic E-state index is 0.271. The van der Waals surface area contributed by atoms with E-state index in [0.717, 1.165) is 58.4 Å². The second-order valence-electron chi connectivity index (χ2n) is 8.09. The predicted molar refractivity (Wildman–Crippen MR) is 109 cm³/mol. The van der Waals surface area contributed by atoms with Gasteiger partial charge in [0.25, 0.3) is 0 Å². The smallest absolute Gasteiger partial charge is 0.0823 e. The van der Waals surface area contributed by atoms with Crippen molar-refractivity contribution in [2.24, 2.45) is 0 Å². The summed E-state index contributed by atoms with van der Waals surface area (Å²) in [6.07, 6.45) is 4.26. The van der Waals surface area contributed by atoms with Crippen molar-refractivity contribution in [3.63, 3.8) is 0 Å². The summed E-state index contributed by atoms with van der Waals surface area (Å²) in [7, 11) is 0. The van der Waals surface area contributed by atoms with Crippen LogP contribution in [-0.4, -0.2) is 42.0 Å². The van der Waals surface area contributed by atoms with E-state index in [-0.39, 0.29) is 5.41 Å². The van der Waals surface area contributed by atoms with Crippen molar-refractivity contribution in [2.45, 2.75) is 43.7 Å². The molecule has 2 aliphatic rings. The molecule has 0 radical (unpaired) electrons. The first-order valence-corrected chi connectivity index (χ1v) is 10.3. The Morgan fingerprint density at radius 2 is 1.44 bits per heavy atom. The van der Waals surface area contributed by atoms with Crippen LogP contribution >= 0.6 is 0 Å². The summed E-state index contributed by atoms with van der Waals surface area (Å²) in [4.78, 5) is 5.24. The highest BCUT2D eigenvalue weighted by atomic mass is 15.3. The van der Waals surface area contributed by atoms with E-state index in [1.165, 1.54) is 11.1 Å². The molecule has 0 aromatic heterocycles. The van der Waals surface area contributed by atoms with Crippen molar-refractivity contribution >= 4 is 0 Å². The molecule has 0 N–H and O–H groups in total. The monoisotopic (exact) mass is 359 g/mol. The van der Waals surface area contributed by atoms with Crippen LogP contribution in [0.3, 0.4) is 0 Å². The van der Waals surface area contributed by atoms with Gasteiger partial charge in [-0.2, -0.15) is 5.26 Å². The second-order valence-corrected chi connectivity index (χ2v) is 8.09. The molecule has 1 saturated carbocycles. The lowest BCUT2D eigenvalue weighted by Gasteiger charge is -2.44. The van der Waals surface area contributed by atoms with Crippen LogP contribution in [0, 0.1) is 11.3 Å². The van der Waals surface area contributed by atoms with Crippen molar-refractivity contribution in [1.82, 2.24) is 9.80 Å². The van der Waals surface area contributed by atoms with Crippen LogP contribution in [0.15, 0.2) is 60.7 Å². The fraction of sp³-hybridized carbons (Fsp3) is 0.458. The van der Waals surface area contributed by atoms with Crippen molar-refractivity contribution in [3.8, 4) is 6.07 Å². The molecule has 140 valence electrons. The summed E-state index contributed by atoms with van der Waals surface area (Å²) >= 11 is 0. The standard InChI is InChI=1S/C24H29N3/c25-20-24(22-9-5-2-6-10-22)13-11-23(12-14-24)27-17-15-26(16-18-27)19-21-7-3-1-4-8-21/h1-10,23H,11-19H2. The van der Waals surface area contributed by atoms with Crippen LogP contribution < -0.4 is 0 Å². The molecule has 0 amide bonds. The molecule has 2 fully saturated rings. The van der Waals surface area contributed by atoms with E-state index < -0.39 is 0 Å². The molecule has 2 aromatic rings. The summed E-state index contributed by atoms with van der Waals surface area (Å²) in [6.45, 7) is 5.66. The molecule has 1 heterocycles. The van der Waals surface area contributed by atoms with E-state index >= 15 is 0 Å². The Morgan fingerprint density at radius 3 is 2.04 bits per heavy atom. The molecular formula is C24H29N3. The molecule has 2 aromatic carbocycles. The van der Waals surface area contributed by atoms with Gasteiger partial charge < -0.3 is 0 Å². The molecule has 0 unspecified atom stereocenters. The number of hydrogen-bond donors (Lipinski definition) is 0. The summed E-state index contributed by atoms with van der Waals surface area (Å²) in [5, 5.41) is 9.90. The molecule has 0 bridgehead atoms. The average Bonchev–Trinajstić information content (AvgIpc) is 2.76. The maximum absolute atomic E-state index is 9.90. The third-order valence-electron chi connectivity index (χ3n) is 6.52. The molecule has 3 heteroatoms. The van der Waals surface area contributed by atoms with Gasteiger partial charge in [0.1, 0.15) is 0 Å². The van der Waals surface area contributed by atoms with Crippen LogP contribution in [0.4, 0.5) is 0 Å². The zero-order valence-corrected chi connectivity index (χ0v) is 16.1. The van der Waals surface area contributed by atoms with E-state index in [1.54, 1.807) is 0 Å². The van der Waals surface area contributed by atoms with Gasteiger partial charge in [0.15, 0.2) is 0 Å². The average molecular weight is 360 g/mol. The highest BCUT2D eigenvalue weighted by molar-refractivity contribution is 5.33. The molecule has 4 rings (SSSR count). The Hall–Kier alpha value is -2.15. The van der Waals surface area contributed by atoms with Gasteiger partial charge in [0.2, 0.25) is 0 Å². The van der Waals surface area contributed by atoms with Gasteiger partial charge in [-0.05, 0) is 36.8 Å². The van der Waals surface area contributed by atoms with Crippen LogP contribution in [0.25, 0.3) is 0 Å². The van der Waals surface area contributed by atoms with Gasteiger partial charge in [-0.15, -0.1) is 0 Å². The van der Waals surface area contributed by atoms with E-state index in [0.29, 0.717) is 6.04 Å². The highest BCUT2D eigenvalue weighted by Gasteiger charge is 2.39. The van der Waals surface area contributed by atoms with Crippen molar-refractivity contribution in [1.29, 1.82) is 5.26 Å². The zero-order valence-electron chi connectivity index (χ0n) is 16.1. The van der Waals surface area contributed by atoms with Crippen LogP contribution in [0.5, 0.6) is 0 Å². The van der Waals surface area contributed by atoms with Gasteiger partial charge in [0.05, 0.1) is 11.5 Å². The Morgan fingerprint density at radius 1 is 0.852 bits per heavy atom. The first-order valence-electron chi connectivity index (χ1n) is 10.3. The lowest BCUT2D eigenvalue weighted by molar-refractivity contribution is 0.0677. The topological polar surface area (TPSA) is 30.3 Å². The molecule has 3 nitrogen and oxygen atoms in total. The molecule has 0 spiro atoms. The van der Waals surface area contributed by atoms with E-state index in [1.807, 2.05) is 6.07 Å². The van der Waals surface area contributed by atoms with Crippen molar-refractivity contribution in [3.05, 3.63) is 71.8 Å². The number of nitriles is 1. The molecular weight excluding hydrogens is 330 g/mol. The lowest BCUT2D eigenvalue weighted by Crippen LogP contribution is -2.51. The maximum Gasteiger partial charge on any atom is 0.0823 e. The third-order valence-corrected chi connectivity index (χ3v) is 6.52. The number of piperazine rings is 1. The summed E-state index contributed by atoms with van der Waals surface area (Å²) in [5.41, 5.74) is 2.34. The molecule has 0 atom stereocenters. The van der Waals surface area contributed by atoms with Gasteiger partial charge in [-0.25, -0.2) is 0 Å². The molecule has 1 aliphatic heterocycles. The SMILES string of the molecule is N#CC1(c2ccccc2)CCC(N2CCN(Cc3ccccc3)CC2)CC1. The first kappa shape index (κ1) is 18.2. The molecule has 1 saturated heterocycles. The second kappa shape index (κ2) is 8.25. The first-order chi connectivity index (χ1) is 13.3. The van der Waals surface area contributed by atoms with Gasteiger partial charge in [0, 0.05) is 38.8 Å². The van der Waals surface area contributed by atoms with Crippen LogP contribution in [0.2, 0.25) is 0 Å².